The van der Waals surface area contributed by atoms with Crippen molar-refractivity contribution in [2.24, 2.45) is 0 Å². The van der Waals surface area contributed by atoms with Gasteiger partial charge in [0, 0.05) is 29.2 Å². The maximum absolute atomic E-state index is 12.8. The zero-order valence-corrected chi connectivity index (χ0v) is 16.3. The third-order valence-electron chi connectivity index (χ3n) is 4.62. The van der Waals surface area contributed by atoms with Gasteiger partial charge in [0.25, 0.3) is 11.8 Å². The molecule has 1 aromatic heterocycles. The summed E-state index contributed by atoms with van der Waals surface area (Å²) in [5, 5.41) is 7.73. The summed E-state index contributed by atoms with van der Waals surface area (Å²) in [6.07, 6.45) is 1.89. The molecule has 4 rings (SSSR count). The number of carbonyl (C=O) groups is 3. The molecule has 146 valence electrons. The molecule has 2 aromatic carbocycles. The Labute approximate surface area is 170 Å². The quantitative estimate of drug-likeness (QED) is 0.645. The van der Waals surface area contributed by atoms with Crippen LogP contribution in [0.4, 0.5) is 10.8 Å². The first-order chi connectivity index (χ1) is 13.9. The van der Waals surface area contributed by atoms with Crippen molar-refractivity contribution in [3.05, 3.63) is 76.8 Å². The second kappa shape index (κ2) is 7.48. The van der Waals surface area contributed by atoms with E-state index < -0.39 is 17.5 Å². The number of rotatable bonds is 4. The first-order valence-electron chi connectivity index (χ1n) is 8.88. The highest BCUT2D eigenvalue weighted by molar-refractivity contribution is 7.13. The lowest BCUT2D eigenvalue weighted by molar-refractivity contribution is -0.134. The average Bonchev–Trinajstić information content (AvgIpc) is 3.21. The SMILES string of the molecule is CC1(C(=O)Nc2ccc(C(=O)Nc3nccs3)cc2)Cc2ccccc2C(=O)O1. The van der Waals surface area contributed by atoms with Crippen LogP contribution in [-0.4, -0.2) is 28.4 Å². The van der Waals surface area contributed by atoms with Crippen molar-refractivity contribution in [3.8, 4) is 0 Å². The number of thiazole rings is 1. The molecule has 2 amide bonds. The maximum atomic E-state index is 12.8. The third kappa shape index (κ3) is 3.88. The first kappa shape index (κ1) is 18.8. The highest BCUT2D eigenvalue weighted by atomic mass is 32.1. The Morgan fingerprint density at radius 1 is 1.10 bits per heavy atom. The monoisotopic (exact) mass is 407 g/mol. The minimum Gasteiger partial charge on any atom is -0.445 e. The molecule has 0 fully saturated rings. The zero-order chi connectivity index (χ0) is 20.4. The lowest BCUT2D eigenvalue weighted by Gasteiger charge is -2.33. The molecule has 0 radical (unpaired) electrons. The van der Waals surface area contributed by atoms with E-state index in [0.29, 0.717) is 21.9 Å². The van der Waals surface area contributed by atoms with Crippen LogP contribution in [0.15, 0.2) is 60.1 Å². The van der Waals surface area contributed by atoms with Gasteiger partial charge >= 0.3 is 5.97 Å². The summed E-state index contributed by atoms with van der Waals surface area (Å²) in [4.78, 5) is 41.3. The minimum absolute atomic E-state index is 0.287. The van der Waals surface area contributed by atoms with E-state index in [1.54, 1.807) is 54.9 Å². The molecule has 0 spiro atoms. The highest BCUT2D eigenvalue weighted by Gasteiger charge is 2.42. The fourth-order valence-electron chi connectivity index (χ4n) is 3.08. The lowest BCUT2D eigenvalue weighted by atomic mass is 9.89. The molecule has 8 heteroatoms. The number of benzene rings is 2. The van der Waals surface area contributed by atoms with Crippen LogP contribution in [-0.2, 0) is 16.0 Å². The Balaban J connectivity index is 1.44. The van der Waals surface area contributed by atoms with E-state index in [4.69, 9.17) is 4.74 Å². The van der Waals surface area contributed by atoms with Crippen molar-refractivity contribution in [3.63, 3.8) is 0 Å². The van der Waals surface area contributed by atoms with Gasteiger partial charge < -0.3 is 10.1 Å². The molecule has 1 unspecified atom stereocenters. The smallest absolute Gasteiger partial charge is 0.339 e. The molecule has 29 heavy (non-hydrogen) atoms. The van der Waals surface area contributed by atoms with Crippen molar-refractivity contribution in [1.29, 1.82) is 0 Å². The zero-order valence-electron chi connectivity index (χ0n) is 15.5. The van der Waals surface area contributed by atoms with Crippen LogP contribution in [0.2, 0.25) is 0 Å². The molecular formula is C21H17N3O4S. The minimum atomic E-state index is -1.31. The van der Waals surface area contributed by atoms with Crippen molar-refractivity contribution in [1.82, 2.24) is 4.98 Å². The summed E-state index contributed by atoms with van der Waals surface area (Å²) in [5.41, 5.74) is 0.870. The predicted molar refractivity (Wildman–Crippen MR) is 109 cm³/mol. The van der Waals surface area contributed by atoms with E-state index in [-0.39, 0.29) is 12.3 Å². The molecule has 0 saturated heterocycles. The molecule has 1 atom stereocenters. The molecule has 1 aliphatic rings. The van der Waals surface area contributed by atoms with Gasteiger partial charge in [0.05, 0.1) is 5.56 Å². The summed E-state index contributed by atoms with van der Waals surface area (Å²) >= 11 is 1.33. The number of fused-ring (bicyclic) bond motifs is 1. The van der Waals surface area contributed by atoms with Gasteiger partial charge in [-0.3, -0.25) is 14.9 Å². The van der Waals surface area contributed by atoms with E-state index >= 15 is 0 Å². The van der Waals surface area contributed by atoms with E-state index in [1.165, 1.54) is 11.3 Å². The number of hydrogen-bond acceptors (Lipinski definition) is 6. The summed E-state index contributed by atoms with van der Waals surface area (Å²) in [6.45, 7) is 1.59. The molecule has 0 saturated carbocycles. The second-order valence-electron chi connectivity index (χ2n) is 6.78. The van der Waals surface area contributed by atoms with E-state index in [2.05, 4.69) is 15.6 Å². The van der Waals surface area contributed by atoms with Crippen LogP contribution in [0, 0.1) is 0 Å². The number of esters is 1. The summed E-state index contributed by atoms with van der Waals surface area (Å²) in [5.74, 6) is -1.23. The Morgan fingerprint density at radius 2 is 1.86 bits per heavy atom. The molecule has 0 aliphatic carbocycles. The number of anilines is 2. The van der Waals surface area contributed by atoms with Crippen LogP contribution in [0.5, 0.6) is 0 Å². The number of hydrogen-bond donors (Lipinski definition) is 2. The maximum Gasteiger partial charge on any atom is 0.339 e. The number of nitrogens with one attached hydrogen (secondary N) is 2. The van der Waals surface area contributed by atoms with Crippen molar-refractivity contribution in [2.75, 3.05) is 10.6 Å². The van der Waals surface area contributed by atoms with Gasteiger partial charge in [0.15, 0.2) is 10.7 Å². The summed E-state index contributed by atoms with van der Waals surface area (Å²) in [6, 6.07) is 13.5. The molecule has 2 heterocycles. The Kier molecular flexibility index (Phi) is 4.85. The summed E-state index contributed by atoms with van der Waals surface area (Å²) in [7, 11) is 0. The van der Waals surface area contributed by atoms with Gasteiger partial charge in [-0.05, 0) is 42.8 Å². The Morgan fingerprint density at radius 3 is 2.59 bits per heavy atom. The Bertz CT molecular complexity index is 1080. The standard InChI is InChI=1S/C21H17N3O4S/c1-21(12-14-4-2-3-5-16(14)18(26)28-21)19(27)23-15-8-6-13(7-9-15)17(25)24-20-22-10-11-29-20/h2-11H,12H2,1H3,(H,23,27)(H,22,24,25). The topological polar surface area (TPSA) is 97.4 Å². The number of amides is 2. The molecule has 0 bridgehead atoms. The van der Waals surface area contributed by atoms with Crippen LogP contribution >= 0.6 is 11.3 Å². The number of aromatic nitrogens is 1. The van der Waals surface area contributed by atoms with Gasteiger partial charge in [0.2, 0.25) is 0 Å². The van der Waals surface area contributed by atoms with Crippen LogP contribution in [0.1, 0.15) is 33.2 Å². The summed E-state index contributed by atoms with van der Waals surface area (Å²) < 4.78 is 5.43. The van der Waals surface area contributed by atoms with Gasteiger partial charge in [0.1, 0.15) is 0 Å². The average molecular weight is 407 g/mol. The fraction of sp³-hybridized carbons (Fsp3) is 0.143. The highest BCUT2D eigenvalue weighted by Crippen LogP contribution is 2.29. The second-order valence-corrected chi connectivity index (χ2v) is 7.67. The number of nitrogens with zero attached hydrogens (tertiary/aromatic N) is 1. The van der Waals surface area contributed by atoms with E-state index in [9.17, 15) is 14.4 Å². The molecule has 2 N–H and O–H groups in total. The van der Waals surface area contributed by atoms with Gasteiger partial charge in [-0.1, -0.05) is 18.2 Å². The van der Waals surface area contributed by atoms with Crippen LogP contribution in [0.3, 0.4) is 0 Å². The predicted octanol–water partition coefficient (Wildman–Crippen LogP) is 3.51. The first-order valence-corrected chi connectivity index (χ1v) is 9.76. The van der Waals surface area contributed by atoms with E-state index in [1.807, 2.05) is 12.1 Å². The molecule has 1 aliphatic heterocycles. The molecule has 7 nitrogen and oxygen atoms in total. The Hall–Kier alpha value is -3.52. The lowest BCUT2D eigenvalue weighted by Crippen LogP contribution is -2.48. The number of carbonyl (C=O) groups excluding carboxylic acids is 3. The van der Waals surface area contributed by atoms with E-state index in [0.717, 1.165) is 5.56 Å². The van der Waals surface area contributed by atoms with Gasteiger partial charge in [-0.25, -0.2) is 9.78 Å². The van der Waals surface area contributed by atoms with Crippen LogP contribution in [0.25, 0.3) is 0 Å². The largest absolute Gasteiger partial charge is 0.445 e. The number of cyclic esters (lactones) is 1. The van der Waals surface area contributed by atoms with Crippen molar-refractivity contribution < 1.29 is 19.1 Å². The fourth-order valence-corrected chi connectivity index (χ4v) is 3.61. The van der Waals surface area contributed by atoms with Crippen molar-refractivity contribution in [2.45, 2.75) is 18.9 Å². The molecular weight excluding hydrogens is 390 g/mol. The van der Waals surface area contributed by atoms with Gasteiger partial charge in [-0.15, -0.1) is 11.3 Å². The van der Waals surface area contributed by atoms with Crippen molar-refractivity contribution >= 4 is 39.9 Å². The van der Waals surface area contributed by atoms with Crippen LogP contribution < -0.4 is 10.6 Å². The molecule has 3 aromatic rings. The third-order valence-corrected chi connectivity index (χ3v) is 5.31. The normalized spacial score (nSPS) is 17.8. The number of ether oxygens (including phenoxy) is 1. The van der Waals surface area contributed by atoms with Gasteiger partial charge in [-0.2, -0.15) is 0 Å².